The number of pyridine rings is 1. The third-order valence-corrected chi connectivity index (χ3v) is 12.4. The van der Waals surface area contributed by atoms with Crippen LogP contribution >= 0.6 is 0 Å². The van der Waals surface area contributed by atoms with Gasteiger partial charge in [0.1, 0.15) is 5.82 Å². The van der Waals surface area contributed by atoms with Gasteiger partial charge in [-0.3, -0.25) is 0 Å². The quantitative estimate of drug-likeness (QED) is 0.135. The van der Waals surface area contributed by atoms with Crippen molar-refractivity contribution in [1.82, 2.24) is 18.7 Å². The van der Waals surface area contributed by atoms with E-state index in [1.807, 2.05) is 6.20 Å². The monoisotopic (exact) mass is 1020 g/mol. The first-order valence-corrected chi connectivity index (χ1v) is 22.0. The third kappa shape index (κ3) is 7.36. The molecule has 0 radical (unpaired) electrons. The molecule has 0 spiro atoms. The summed E-state index contributed by atoms with van der Waals surface area (Å²) in [5.74, 6) is 0.823. The summed E-state index contributed by atoms with van der Waals surface area (Å²) in [6.07, 6.45) is 4.15. The minimum atomic E-state index is 0. The van der Waals surface area contributed by atoms with E-state index in [9.17, 15) is 0 Å². The van der Waals surface area contributed by atoms with Crippen LogP contribution in [0.5, 0.6) is 0 Å². The van der Waals surface area contributed by atoms with E-state index in [0.717, 1.165) is 72.6 Å². The summed E-state index contributed by atoms with van der Waals surface area (Å²) in [6, 6.07) is 75.1. The fraction of sp³-hybridized carbons (Fsp3) is 0.0847. The van der Waals surface area contributed by atoms with E-state index in [2.05, 4.69) is 253 Å². The summed E-state index contributed by atoms with van der Waals surface area (Å²) in [5.41, 5.74) is 17.5. The van der Waals surface area contributed by atoms with E-state index in [0.29, 0.717) is 6.04 Å². The Morgan fingerprint density at radius 1 is 0.538 bits per heavy atom. The average Bonchev–Trinajstić information content (AvgIpc) is 3.90. The topological polar surface area (TPSA) is 30.9 Å². The molecule has 0 N–H and O–H groups in total. The van der Waals surface area contributed by atoms with Crippen molar-refractivity contribution < 1.29 is 21.1 Å². The van der Waals surface area contributed by atoms with Gasteiger partial charge in [0.2, 0.25) is 0 Å². The summed E-state index contributed by atoms with van der Waals surface area (Å²) in [7, 11) is 0. The minimum Gasteiger partial charge on any atom is -0.357 e. The number of para-hydroxylation sites is 4. The summed E-state index contributed by atoms with van der Waals surface area (Å²) in [4.78, 5) is 7.46. The number of rotatable bonds is 9. The summed E-state index contributed by atoms with van der Waals surface area (Å²) in [6.45, 7) is 8.82. The van der Waals surface area contributed by atoms with Crippen molar-refractivity contribution in [2.45, 2.75) is 33.7 Å². The minimum absolute atomic E-state index is 0. The Hall–Kier alpha value is -7.33. The maximum Gasteiger partial charge on any atom is 0.188 e. The molecule has 0 unspecified atom stereocenters. The van der Waals surface area contributed by atoms with E-state index < -0.39 is 0 Å². The Labute approximate surface area is 394 Å². The van der Waals surface area contributed by atoms with Gasteiger partial charge in [0.05, 0.1) is 6.04 Å². The van der Waals surface area contributed by atoms with Gasteiger partial charge in [-0.25, -0.2) is 14.1 Å². The number of nitrogens with zero attached hydrogens (tertiary/aromatic N) is 5. The van der Waals surface area contributed by atoms with Crippen LogP contribution in [0.15, 0.2) is 201 Å². The van der Waals surface area contributed by atoms with E-state index in [-0.39, 0.29) is 21.1 Å². The second kappa shape index (κ2) is 17.3. The van der Waals surface area contributed by atoms with Crippen LogP contribution in [0.2, 0.25) is 0 Å². The zero-order chi connectivity index (χ0) is 43.3. The Morgan fingerprint density at radius 2 is 1.14 bits per heavy atom. The van der Waals surface area contributed by atoms with Gasteiger partial charge in [0, 0.05) is 56.3 Å². The molecule has 0 saturated heterocycles. The number of benzene rings is 8. The van der Waals surface area contributed by atoms with E-state index in [1.165, 1.54) is 33.3 Å². The standard InChI is InChI=1S/C59H46N5.Pt/c1-40(2)61-39-62(55-31-14-13-30-54(55)61)46-24-16-25-47(37-46)63(59-41(3)18-15-19-42(59)4)48-32-33-52-51-26-11-12-29-53(51)64(56(52)38-48)57-36-45(34-35-60-57)58-49(43-20-7-5-8-21-43)27-17-28-50(58)44-22-9-6-10-23-44;/h5-36,39-40H,1-4H3;/q-1;. The molecule has 0 bridgehead atoms. The molecule has 11 rings (SSSR count). The van der Waals surface area contributed by atoms with Crippen LogP contribution in [0.3, 0.4) is 0 Å². The first kappa shape index (κ1) is 41.7. The molecule has 0 aliphatic rings. The molecule has 318 valence electrons. The van der Waals surface area contributed by atoms with Gasteiger partial charge in [-0.2, -0.15) is 12.1 Å². The fourth-order valence-electron chi connectivity index (χ4n) is 9.51. The van der Waals surface area contributed by atoms with Crippen LogP contribution in [-0.4, -0.2) is 18.7 Å². The molecular formula is C59H46N5Pt-. The van der Waals surface area contributed by atoms with Gasteiger partial charge in [-0.05, 0) is 108 Å². The number of hydrogen-bond donors (Lipinski definition) is 0. The molecular weight excluding hydrogens is 974 g/mol. The van der Waals surface area contributed by atoms with E-state index in [1.54, 1.807) is 0 Å². The molecule has 0 amide bonds. The van der Waals surface area contributed by atoms with Gasteiger partial charge in [0.25, 0.3) is 0 Å². The van der Waals surface area contributed by atoms with Crippen LogP contribution in [0.1, 0.15) is 31.0 Å². The number of fused-ring (bicyclic) bond motifs is 4. The molecule has 0 aliphatic heterocycles. The number of anilines is 3. The van der Waals surface area contributed by atoms with Crippen molar-refractivity contribution in [2.75, 3.05) is 4.90 Å². The Balaban J connectivity index is 0.00000498. The molecule has 0 atom stereocenters. The smallest absolute Gasteiger partial charge is 0.188 e. The molecule has 11 aromatic rings. The van der Waals surface area contributed by atoms with Crippen molar-refractivity contribution in [3.05, 3.63) is 224 Å². The molecule has 3 heterocycles. The zero-order valence-corrected chi connectivity index (χ0v) is 39.0. The van der Waals surface area contributed by atoms with Crippen LogP contribution in [0, 0.1) is 26.0 Å². The first-order valence-electron chi connectivity index (χ1n) is 22.0. The summed E-state index contributed by atoms with van der Waals surface area (Å²) in [5, 5.41) is 2.25. The number of aromatic nitrogens is 4. The van der Waals surface area contributed by atoms with Gasteiger partial charge >= 0.3 is 0 Å². The molecule has 3 aromatic heterocycles. The van der Waals surface area contributed by atoms with Crippen molar-refractivity contribution in [1.29, 1.82) is 0 Å². The Bertz CT molecular complexity index is 3430. The summed E-state index contributed by atoms with van der Waals surface area (Å²) < 4.78 is 6.86. The van der Waals surface area contributed by atoms with Gasteiger partial charge in [0.15, 0.2) is 17.4 Å². The molecule has 6 heteroatoms. The number of hydrogen-bond acceptors (Lipinski definition) is 2. The van der Waals surface area contributed by atoms with Gasteiger partial charge < -0.3 is 9.47 Å². The maximum absolute atomic E-state index is 5.13. The Morgan fingerprint density at radius 3 is 1.83 bits per heavy atom. The van der Waals surface area contributed by atoms with Crippen molar-refractivity contribution >= 4 is 49.9 Å². The average molecular weight is 1020 g/mol. The molecule has 0 aliphatic carbocycles. The van der Waals surface area contributed by atoms with Crippen molar-refractivity contribution in [2.24, 2.45) is 0 Å². The van der Waals surface area contributed by atoms with Crippen LogP contribution in [0.4, 0.5) is 17.1 Å². The largest absolute Gasteiger partial charge is 0.357 e. The summed E-state index contributed by atoms with van der Waals surface area (Å²) >= 11 is 0. The predicted octanol–water partition coefficient (Wildman–Crippen LogP) is 15.5. The van der Waals surface area contributed by atoms with Gasteiger partial charge in [-0.1, -0.05) is 138 Å². The molecule has 0 saturated carbocycles. The maximum atomic E-state index is 5.13. The number of imidazole rings is 1. The van der Waals surface area contributed by atoms with Crippen LogP contribution in [0.25, 0.3) is 77.7 Å². The second-order valence-electron chi connectivity index (χ2n) is 16.8. The van der Waals surface area contributed by atoms with E-state index in [4.69, 9.17) is 4.98 Å². The first-order chi connectivity index (χ1) is 31.4. The van der Waals surface area contributed by atoms with Gasteiger partial charge in [-0.15, -0.1) is 29.7 Å². The molecule has 0 fully saturated rings. The zero-order valence-electron chi connectivity index (χ0n) is 36.7. The molecule has 5 nitrogen and oxygen atoms in total. The predicted molar refractivity (Wildman–Crippen MR) is 266 cm³/mol. The number of aryl methyl sites for hydroxylation is 2. The fourth-order valence-corrected chi connectivity index (χ4v) is 9.51. The van der Waals surface area contributed by atoms with Crippen molar-refractivity contribution in [3.8, 4) is 44.9 Å². The SMILES string of the molecule is Cc1cccc(C)c1N(c1[c-]c(-n2[cH+]n(C(C)C)c3ccccc32)ccc1)c1[c-]c2c(cc1)c1ccccc1n2-c1cc(-c2c(-c3ccccc3)cccc2-c2ccccc2)ccn1.[Pt]. The normalized spacial score (nSPS) is 11.4. The van der Waals surface area contributed by atoms with Crippen molar-refractivity contribution in [3.63, 3.8) is 0 Å². The third-order valence-electron chi connectivity index (χ3n) is 12.4. The Kier molecular flexibility index (Phi) is 11.1. The molecule has 65 heavy (non-hydrogen) atoms. The molecule has 8 aromatic carbocycles. The van der Waals surface area contributed by atoms with Crippen LogP contribution in [-0.2, 0) is 21.1 Å². The van der Waals surface area contributed by atoms with Crippen LogP contribution < -0.4 is 4.90 Å². The second-order valence-corrected chi connectivity index (χ2v) is 16.8. The van der Waals surface area contributed by atoms with E-state index >= 15 is 0 Å².